The summed E-state index contributed by atoms with van der Waals surface area (Å²) in [5.74, 6) is 0. The molecule has 1 aliphatic rings. The van der Waals surface area contributed by atoms with Crippen LogP contribution in [0.2, 0.25) is 0 Å². The van der Waals surface area contributed by atoms with Crippen LogP contribution in [0.3, 0.4) is 0 Å². The average Bonchev–Trinajstić information content (AvgIpc) is 2.93. The van der Waals surface area contributed by atoms with Crippen molar-refractivity contribution < 1.29 is 0 Å². The molecule has 0 aliphatic carbocycles. The Morgan fingerprint density at radius 2 is 1.90 bits per heavy atom. The molecule has 0 amide bonds. The first-order chi connectivity index (χ1) is 10.3. The van der Waals surface area contributed by atoms with Crippen molar-refractivity contribution in [1.82, 2.24) is 20.0 Å². The molecule has 1 aromatic heterocycles. The molecule has 4 heteroatoms. The van der Waals surface area contributed by atoms with Gasteiger partial charge in [0.15, 0.2) is 0 Å². The lowest BCUT2D eigenvalue weighted by molar-refractivity contribution is 0.189. The largest absolute Gasteiger partial charge is 0.308 e. The van der Waals surface area contributed by atoms with E-state index in [1.54, 1.807) is 0 Å². The molecule has 1 N–H and O–H groups in total. The first kappa shape index (κ1) is 14.3. The van der Waals surface area contributed by atoms with E-state index < -0.39 is 0 Å². The third-order valence-electron chi connectivity index (χ3n) is 4.33. The van der Waals surface area contributed by atoms with E-state index in [-0.39, 0.29) is 0 Å². The van der Waals surface area contributed by atoms with Gasteiger partial charge in [-0.2, -0.15) is 5.10 Å². The highest BCUT2D eigenvalue weighted by Crippen LogP contribution is 2.14. The van der Waals surface area contributed by atoms with Gasteiger partial charge in [0.25, 0.3) is 0 Å². The van der Waals surface area contributed by atoms with Gasteiger partial charge in [0.1, 0.15) is 0 Å². The summed E-state index contributed by atoms with van der Waals surface area (Å²) in [5.41, 5.74) is 2.67. The average molecular weight is 284 g/mol. The highest BCUT2D eigenvalue weighted by atomic mass is 15.3. The van der Waals surface area contributed by atoms with Crippen molar-refractivity contribution >= 4 is 0 Å². The fourth-order valence-corrected chi connectivity index (χ4v) is 2.96. The van der Waals surface area contributed by atoms with Crippen LogP contribution >= 0.6 is 0 Å². The van der Waals surface area contributed by atoms with Crippen LogP contribution in [0.1, 0.15) is 24.1 Å². The Labute approximate surface area is 126 Å². The van der Waals surface area contributed by atoms with Crippen LogP contribution < -0.4 is 5.32 Å². The molecule has 2 aromatic rings. The van der Waals surface area contributed by atoms with Gasteiger partial charge >= 0.3 is 0 Å². The lowest BCUT2D eigenvalue weighted by Gasteiger charge is -2.32. The van der Waals surface area contributed by atoms with Crippen LogP contribution in [0, 0.1) is 0 Å². The molecule has 0 spiro atoms. The molecule has 1 aromatic carbocycles. The van der Waals surface area contributed by atoms with E-state index in [0.29, 0.717) is 6.04 Å². The van der Waals surface area contributed by atoms with Crippen molar-refractivity contribution in [1.29, 1.82) is 0 Å². The topological polar surface area (TPSA) is 33.1 Å². The molecule has 0 atom stereocenters. The van der Waals surface area contributed by atoms with Crippen LogP contribution in [0.4, 0.5) is 0 Å². The van der Waals surface area contributed by atoms with Gasteiger partial charge in [-0.1, -0.05) is 30.3 Å². The van der Waals surface area contributed by atoms with Crippen LogP contribution in [0.5, 0.6) is 0 Å². The molecular weight excluding hydrogens is 260 g/mol. The SMILES string of the molecule is Cn1nccc1CNC1CCN(Cc2ccccc2)CC1. The molecule has 0 unspecified atom stereocenters. The molecule has 0 saturated carbocycles. The third-order valence-corrected chi connectivity index (χ3v) is 4.33. The summed E-state index contributed by atoms with van der Waals surface area (Å²) in [7, 11) is 2.00. The minimum Gasteiger partial charge on any atom is -0.308 e. The maximum absolute atomic E-state index is 4.21. The zero-order valence-electron chi connectivity index (χ0n) is 12.7. The van der Waals surface area contributed by atoms with E-state index >= 15 is 0 Å². The van der Waals surface area contributed by atoms with E-state index in [4.69, 9.17) is 0 Å². The van der Waals surface area contributed by atoms with Gasteiger partial charge in [-0.05, 0) is 37.6 Å². The first-order valence-corrected chi connectivity index (χ1v) is 7.78. The maximum Gasteiger partial charge on any atom is 0.0518 e. The molecule has 1 aliphatic heterocycles. The van der Waals surface area contributed by atoms with Gasteiger partial charge in [0.05, 0.1) is 5.69 Å². The fourth-order valence-electron chi connectivity index (χ4n) is 2.96. The number of hydrogen-bond donors (Lipinski definition) is 1. The number of nitrogens with zero attached hydrogens (tertiary/aromatic N) is 3. The van der Waals surface area contributed by atoms with E-state index in [1.165, 1.54) is 37.2 Å². The molecule has 0 radical (unpaired) electrons. The predicted molar refractivity (Wildman–Crippen MR) is 84.8 cm³/mol. The second kappa shape index (κ2) is 6.87. The van der Waals surface area contributed by atoms with Gasteiger partial charge in [0.2, 0.25) is 0 Å². The molecule has 1 saturated heterocycles. The van der Waals surface area contributed by atoms with Crippen molar-refractivity contribution in [3.05, 3.63) is 53.9 Å². The van der Waals surface area contributed by atoms with Gasteiger partial charge in [-0.25, -0.2) is 0 Å². The predicted octanol–water partition coefficient (Wildman–Crippen LogP) is 2.17. The minimum absolute atomic E-state index is 0.631. The Morgan fingerprint density at radius 1 is 1.14 bits per heavy atom. The highest BCUT2D eigenvalue weighted by molar-refractivity contribution is 5.14. The van der Waals surface area contributed by atoms with Crippen LogP contribution in [-0.2, 0) is 20.1 Å². The van der Waals surface area contributed by atoms with Crippen molar-refractivity contribution in [3.63, 3.8) is 0 Å². The van der Waals surface area contributed by atoms with Gasteiger partial charge in [-0.15, -0.1) is 0 Å². The van der Waals surface area contributed by atoms with Crippen LogP contribution in [0.15, 0.2) is 42.6 Å². The summed E-state index contributed by atoms with van der Waals surface area (Å²) in [4.78, 5) is 2.55. The summed E-state index contributed by atoms with van der Waals surface area (Å²) in [6.45, 7) is 4.35. The lowest BCUT2D eigenvalue weighted by atomic mass is 10.0. The number of rotatable bonds is 5. The maximum atomic E-state index is 4.21. The smallest absolute Gasteiger partial charge is 0.0518 e. The Hall–Kier alpha value is -1.65. The molecule has 2 heterocycles. The number of aromatic nitrogens is 2. The number of nitrogens with one attached hydrogen (secondary N) is 1. The molecule has 1 fully saturated rings. The van der Waals surface area contributed by atoms with Gasteiger partial charge in [-0.3, -0.25) is 9.58 Å². The second-order valence-corrected chi connectivity index (χ2v) is 5.86. The number of hydrogen-bond acceptors (Lipinski definition) is 3. The number of piperidine rings is 1. The number of aryl methyl sites for hydroxylation is 1. The molecule has 21 heavy (non-hydrogen) atoms. The molecular formula is C17H24N4. The highest BCUT2D eigenvalue weighted by Gasteiger charge is 2.18. The van der Waals surface area contributed by atoms with Gasteiger partial charge < -0.3 is 5.32 Å². The Kier molecular flexibility index (Phi) is 4.68. The van der Waals surface area contributed by atoms with Crippen LogP contribution in [-0.4, -0.2) is 33.8 Å². The minimum atomic E-state index is 0.631. The van der Waals surface area contributed by atoms with Crippen molar-refractivity contribution in [2.24, 2.45) is 7.05 Å². The summed E-state index contributed by atoms with van der Waals surface area (Å²) in [5, 5.41) is 7.87. The standard InChI is InChI=1S/C17H24N4/c1-20-17(7-10-19-20)13-18-16-8-11-21(12-9-16)14-15-5-3-2-4-6-15/h2-7,10,16,18H,8-9,11-14H2,1H3. The Bertz CT molecular complexity index is 541. The normalized spacial score (nSPS) is 17.2. The first-order valence-electron chi connectivity index (χ1n) is 7.78. The lowest BCUT2D eigenvalue weighted by Crippen LogP contribution is -2.42. The van der Waals surface area contributed by atoms with E-state index in [2.05, 4.69) is 51.7 Å². The third kappa shape index (κ3) is 3.93. The number of likely N-dealkylation sites (tertiary alicyclic amines) is 1. The summed E-state index contributed by atoms with van der Waals surface area (Å²) < 4.78 is 1.94. The zero-order valence-corrected chi connectivity index (χ0v) is 12.7. The van der Waals surface area contributed by atoms with Crippen molar-refractivity contribution in [2.45, 2.75) is 32.0 Å². The second-order valence-electron chi connectivity index (χ2n) is 5.86. The van der Waals surface area contributed by atoms with E-state index in [9.17, 15) is 0 Å². The molecule has 112 valence electrons. The number of benzene rings is 1. The summed E-state index contributed by atoms with van der Waals surface area (Å²) >= 11 is 0. The fraction of sp³-hybridized carbons (Fsp3) is 0.471. The molecule has 4 nitrogen and oxygen atoms in total. The Balaban J connectivity index is 1.42. The molecule has 3 rings (SSSR count). The summed E-state index contributed by atoms with van der Waals surface area (Å²) in [6.07, 6.45) is 4.31. The summed E-state index contributed by atoms with van der Waals surface area (Å²) in [6, 6.07) is 13.5. The Morgan fingerprint density at radius 3 is 2.57 bits per heavy atom. The zero-order chi connectivity index (χ0) is 14.5. The van der Waals surface area contributed by atoms with E-state index in [1.807, 2.05) is 17.9 Å². The van der Waals surface area contributed by atoms with Crippen LogP contribution in [0.25, 0.3) is 0 Å². The van der Waals surface area contributed by atoms with Gasteiger partial charge in [0, 0.05) is 32.4 Å². The van der Waals surface area contributed by atoms with Crippen molar-refractivity contribution in [2.75, 3.05) is 13.1 Å². The monoisotopic (exact) mass is 284 g/mol. The molecule has 0 bridgehead atoms. The van der Waals surface area contributed by atoms with E-state index in [0.717, 1.165) is 13.1 Å². The quantitative estimate of drug-likeness (QED) is 0.913. The van der Waals surface area contributed by atoms with Crippen molar-refractivity contribution in [3.8, 4) is 0 Å².